The maximum atomic E-state index is 12.0. The molecule has 1 heterocycles. The van der Waals surface area contributed by atoms with Crippen LogP contribution in [0.15, 0.2) is 0 Å². The molecule has 4 heteroatoms. The first kappa shape index (κ1) is 12.0. The van der Waals surface area contributed by atoms with Gasteiger partial charge in [0.15, 0.2) is 0 Å². The van der Waals surface area contributed by atoms with Crippen molar-refractivity contribution in [1.82, 2.24) is 4.90 Å². The van der Waals surface area contributed by atoms with Crippen molar-refractivity contribution in [2.45, 2.75) is 32.8 Å². The molecule has 0 spiro atoms. The lowest BCUT2D eigenvalue weighted by Gasteiger charge is -2.25. The van der Waals surface area contributed by atoms with Gasteiger partial charge in [-0.1, -0.05) is 6.92 Å². The molecule has 0 radical (unpaired) electrons. The summed E-state index contributed by atoms with van der Waals surface area (Å²) in [4.78, 5) is 13.8. The number of methoxy groups -OCH3 is 1. The Morgan fingerprint density at radius 1 is 1.73 bits per heavy atom. The van der Waals surface area contributed by atoms with E-state index in [1.165, 1.54) is 0 Å². The van der Waals surface area contributed by atoms with Crippen molar-refractivity contribution in [2.75, 3.05) is 20.2 Å². The zero-order chi connectivity index (χ0) is 11.5. The van der Waals surface area contributed by atoms with Crippen molar-refractivity contribution < 1.29 is 9.53 Å². The number of amides is 1. The third-order valence-corrected chi connectivity index (χ3v) is 3.19. The minimum Gasteiger partial charge on any atom is -0.380 e. The second kappa shape index (κ2) is 4.63. The maximum absolute atomic E-state index is 12.0. The zero-order valence-corrected chi connectivity index (χ0v) is 9.62. The van der Waals surface area contributed by atoms with Crippen molar-refractivity contribution in [3.63, 3.8) is 0 Å². The molecule has 0 aromatic rings. The Kier molecular flexibility index (Phi) is 3.70. The number of likely N-dealkylation sites (tertiary alicyclic amines) is 1. The number of nitrogens with zero attached hydrogens (tertiary/aromatic N) is 2. The van der Waals surface area contributed by atoms with Gasteiger partial charge in [-0.3, -0.25) is 4.79 Å². The smallest absolute Gasteiger partial charge is 0.242 e. The third-order valence-electron chi connectivity index (χ3n) is 3.19. The van der Waals surface area contributed by atoms with Crippen LogP contribution >= 0.6 is 0 Å². The number of carbonyl (C=O) groups is 1. The molecule has 1 saturated heterocycles. The van der Waals surface area contributed by atoms with E-state index in [0.29, 0.717) is 19.5 Å². The molecule has 15 heavy (non-hydrogen) atoms. The van der Waals surface area contributed by atoms with Crippen LogP contribution in [0, 0.1) is 16.7 Å². The van der Waals surface area contributed by atoms with E-state index < -0.39 is 5.41 Å². The first-order chi connectivity index (χ1) is 7.07. The fourth-order valence-electron chi connectivity index (χ4n) is 1.73. The van der Waals surface area contributed by atoms with Crippen LogP contribution in [0.25, 0.3) is 0 Å². The Hall–Kier alpha value is -1.08. The van der Waals surface area contributed by atoms with Crippen LogP contribution in [0.5, 0.6) is 0 Å². The Balaban J connectivity index is 2.67. The van der Waals surface area contributed by atoms with Gasteiger partial charge in [0.05, 0.1) is 12.2 Å². The quantitative estimate of drug-likeness (QED) is 0.702. The lowest BCUT2D eigenvalue weighted by atomic mass is 9.88. The Labute approximate surface area is 90.8 Å². The molecule has 0 aliphatic carbocycles. The summed E-state index contributed by atoms with van der Waals surface area (Å²) in [6, 6.07) is 2.11. The highest BCUT2D eigenvalue weighted by Crippen LogP contribution is 2.25. The van der Waals surface area contributed by atoms with Crippen LogP contribution in [0.4, 0.5) is 0 Å². The van der Waals surface area contributed by atoms with Gasteiger partial charge in [0, 0.05) is 20.2 Å². The van der Waals surface area contributed by atoms with Crippen LogP contribution < -0.4 is 0 Å². The molecule has 0 aromatic heterocycles. The topological polar surface area (TPSA) is 53.3 Å². The zero-order valence-electron chi connectivity index (χ0n) is 9.62. The van der Waals surface area contributed by atoms with E-state index in [9.17, 15) is 4.79 Å². The average Bonchev–Trinajstić information content (AvgIpc) is 2.75. The molecule has 1 fully saturated rings. The summed E-state index contributed by atoms with van der Waals surface area (Å²) in [7, 11) is 1.65. The monoisotopic (exact) mass is 210 g/mol. The van der Waals surface area contributed by atoms with Crippen LogP contribution in [0.2, 0.25) is 0 Å². The van der Waals surface area contributed by atoms with E-state index in [-0.39, 0.29) is 12.0 Å². The van der Waals surface area contributed by atoms with Gasteiger partial charge in [0.2, 0.25) is 5.91 Å². The number of hydrogen-bond donors (Lipinski definition) is 0. The van der Waals surface area contributed by atoms with E-state index in [1.807, 2.05) is 6.92 Å². The fourth-order valence-corrected chi connectivity index (χ4v) is 1.73. The van der Waals surface area contributed by atoms with Crippen LogP contribution in [-0.4, -0.2) is 37.1 Å². The normalized spacial score (nSPS) is 24.7. The lowest BCUT2D eigenvalue weighted by Crippen LogP contribution is -2.40. The van der Waals surface area contributed by atoms with E-state index in [4.69, 9.17) is 10.00 Å². The van der Waals surface area contributed by atoms with Gasteiger partial charge in [-0.2, -0.15) is 5.26 Å². The van der Waals surface area contributed by atoms with Crippen molar-refractivity contribution >= 4 is 5.91 Å². The largest absolute Gasteiger partial charge is 0.380 e. The summed E-state index contributed by atoms with van der Waals surface area (Å²) < 4.78 is 5.19. The lowest BCUT2D eigenvalue weighted by molar-refractivity contribution is -0.137. The Morgan fingerprint density at radius 3 is 2.80 bits per heavy atom. The average molecular weight is 210 g/mol. The number of ether oxygens (including phenoxy) is 1. The van der Waals surface area contributed by atoms with Gasteiger partial charge < -0.3 is 9.64 Å². The molecule has 1 amide bonds. The molecule has 0 aromatic carbocycles. The minimum absolute atomic E-state index is 0.0629. The number of hydrogen-bond acceptors (Lipinski definition) is 3. The predicted molar refractivity (Wildman–Crippen MR) is 56.0 cm³/mol. The molecular formula is C11H18N2O2. The van der Waals surface area contributed by atoms with Crippen molar-refractivity contribution in [3.05, 3.63) is 0 Å². The van der Waals surface area contributed by atoms with Gasteiger partial charge in [-0.25, -0.2) is 0 Å². The molecule has 1 aliphatic heterocycles. The van der Waals surface area contributed by atoms with Gasteiger partial charge in [0.25, 0.3) is 0 Å². The highest BCUT2D eigenvalue weighted by atomic mass is 16.5. The summed E-state index contributed by atoms with van der Waals surface area (Å²) >= 11 is 0. The summed E-state index contributed by atoms with van der Waals surface area (Å²) in [6.45, 7) is 4.89. The fraction of sp³-hybridized carbons (Fsp3) is 0.818. The van der Waals surface area contributed by atoms with Gasteiger partial charge in [-0.05, 0) is 19.8 Å². The van der Waals surface area contributed by atoms with Crippen LogP contribution in [0.1, 0.15) is 26.7 Å². The number of rotatable bonds is 3. The molecule has 2 unspecified atom stereocenters. The van der Waals surface area contributed by atoms with E-state index in [2.05, 4.69) is 6.07 Å². The molecule has 1 aliphatic rings. The molecule has 2 atom stereocenters. The van der Waals surface area contributed by atoms with Gasteiger partial charge >= 0.3 is 0 Å². The number of carbonyl (C=O) groups excluding carboxylic acids is 1. The molecule has 4 nitrogen and oxygen atoms in total. The highest BCUT2D eigenvalue weighted by molar-refractivity contribution is 5.85. The molecule has 0 N–H and O–H groups in total. The van der Waals surface area contributed by atoms with Gasteiger partial charge in [0.1, 0.15) is 5.41 Å². The second-order valence-electron chi connectivity index (χ2n) is 4.20. The van der Waals surface area contributed by atoms with Crippen molar-refractivity contribution in [2.24, 2.45) is 5.41 Å². The third kappa shape index (κ3) is 2.29. The van der Waals surface area contributed by atoms with Gasteiger partial charge in [-0.15, -0.1) is 0 Å². The van der Waals surface area contributed by atoms with Crippen molar-refractivity contribution in [1.29, 1.82) is 5.26 Å². The molecule has 1 rings (SSSR count). The maximum Gasteiger partial charge on any atom is 0.242 e. The SMILES string of the molecule is CCC(C)(C#N)C(=O)N1CCC(OC)C1. The summed E-state index contributed by atoms with van der Waals surface area (Å²) in [5, 5.41) is 9.01. The highest BCUT2D eigenvalue weighted by Gasteiger charge is 2.38. The summed E-state index contributed by atoms with van der Waals surface area (Å²) in [6.07, 6.45) is 1.55. The predicted octanol–water partition coefficient (Wildman–Crippen LogP) is 1.17. The van der Waals surface area contributed by atoms with Crippen molar-refractivity contribution in [3.8, 4) is 6.07 Å². The van der Waals surface area contributed by atoms with E-state index in [0.717, 1.165) is 6.42 Å². The number of nitriles is 1. The molecular weight excluding hydrogens is 192 g/mol. The Morgan fingerprint density at radius 2 is 2.40 bits per heavy atom. The van der Waals surface area contributed by atoms with Crippen LogP contribution in [-0.2, 0) is 9.53 Å². The minimum atomic E-state index is -0.872. The molecule has 0 saturated carbocycles. The molecule has 84 valence electrons. The van der Waals surface area contributed by atoms with E-state index in [1.54, 1.807) is 18.9 Å². The molecule has 0 bridgehead atoms. The summed E-state index contributed by atoms with van der Waals surface area (Å²) in [5.74, 6) is -0.0629. The first-order valence-corrected chi connectivity index (χ1v) is 5.30. The second-order valence-corrected chi connectivity index (χ2v) is 4.20. The Bertz CT molecular complexity index is 285. The summed E-state index contributed by atoms with van der Waals surface area (Å²) in [5.41, 5.74) is -0.872. The van der Waals surface area contributed by atoms with E-state index >= 15 is 0 Å². The van der Waals surface area contributed by atoms with Crippen LogP contribution in [0.3, 0.4) is 0 Å². The first-order valence-electron chi connectivity index (χ1n) is 5.30. The standard InChI is InChI=1S/C11H18N2O2/c1-4-11(2,8-12)10(14)13-6-5-9(7-13)15-3/h9H,4-7H2,1-3H3.